The molecule has 0 saturated heterocycles. The van der Waals surface area contributed by atoms with Crippen LogP contribution in [0.15, 0.2) is 6.20 Å². The Morgan fingerprint density at radius 1 is 1.70 bits per heavy atom. The number of hydrogen-bond donors (Lipinski definition) is 1. The van der Waals surface area contributed by atoms with Crippen molar-refractivity contribution in [2.24, 2.45) is 0 Å². The molecule has 0 atom stereocenters. The first-order valence-electron chi connectivity index (χ1n) is 3.40. The lowest BCUT2D eigenvalue weighted by molar-refractivity contribution is 0.681. The zero-order valence-corrected chi connectivity index (χ0v) is 6.82. The van der Waals surface area contributed by atoms with Gasteiger partial charge >= 0.3 is 0 Å². The molecule has 3 nitrogen and oxygen atoms in total. The molecular weight excluding hydrogens is 146 g/mol. The fourth-order valence-corrected chi connectivity index (χ4v) is 1.11. The third-order valence-corrected chi connectivity index (χ3v) is 1.79. The van der Waals surface area contributed by atoms with Crippen LogP contribution in [0.4, 0.5) is 0 Å². The third kappa shape index (κ3) is 2.41. The Morgan fingerprint density at radius 3 is 3.20 bits per heavy atom. The van der Waals surface area contributed by atoms with Crippen molar-refractivity contribution < 1.29 is 0 Å². The van der Waals surface area contributed by atoms with E-state index in [-0.39, 0.29) is 0 Å². The van der Waals surface area contributed by atoms with Crippen LogP contribution in [0.2, 0.25) is 0 Å². The summed E-state index contributed by atoms with van der Waals surface area (Å²) in [5.74, 6) is 0. The normalized spacial score (nSPS) is 10.1. The molecule has 0 aliphatic rings. The van der Waals surface area contributed by atoms with Crippen molar-refractivity contribution in [3.63, 3.8) is 0 Å². The minimum atomic E-state index is 0.908. The molecule has 1 rings (SSSR count). The number of rotatable bonds is 4. The quantitative estimate of drug-likeness (QED) is 0.663. The Kier molecular flexibility index (Phi) is 3.32. The van der Waals surface area contributed by atoms with Crippen molar-refractivity contribution >= 4 is 11.5 Å². The van der Waals surface area contributed by atoms with Gasteiger partial charge in [0.15, 0.2) is 0 Å². The number of nitrogens with one attached hydrogen (secondary N) is 1. The van der Waals surface area contributed by atoms with Gasteiger partial charge in [0.1, 0.15) is 0 Å². The van der Waals surface area contributed by atoms with Gasteiger partial charge < -0.3 is 5.32 Å². The van der Waals surface area contributed by atoms with Crippen LogP contribution in [0.5, 0.6) is 0 Å². The van der Waals surface area contributed by atoms with Gasteiger partial charge in [0.05, 0.1) is 11.1 Å². The van der Waals surface area contributed by atoms with Crippen molar-refractivity contribution in [3.05, 3.63) is 11.1 Å². The van der Waals surface area contributed by atoms with Crippen molar-refractivity contribution in [1.82, 2.24) is 14.9 Å². The van der Waals surface area contributed by atoms with Crippen LogP contribution in [0, 0.1) is 0 Å². The zero-order valence-electron chi connectivity index (χ0n) is 6.00. The highest BCUT2D eigenvalue weighted by Crippen LogP contribution is 1.99. The second-order valence-electron chi connectivity index (χ2n) is 2.06. The first-order chi connectivity index (χ1) is 4.93. The van der Waals surface area contributed by atoms with E-state index in [2.05, 4.69) is 21.8 Å². The predicted octanol–water partition coefficient (Wildman–Crippen LogP) is 1.04. The monoisotopic (exact) mass is 157 g/mol. The van der Waals surface area contributed by atoms with Gasteiger partial charge in [-0.3, -0.25) is 0 Å². The van der Waals surface area contributed by atoms with Gasteiger partial charge in [0, 0.05) is 6.54 Å². The van der Waals surface area contributed by atoms with Gasteiger partial charge in [-0.1, -0.05) is 11.4 Å². The van der Waals surface area contributed by atoms with Gasteiger partial charge in [-0.25, -0.2) is 0 Å². The summed E-state index contributed by atoms with van der Waals surface area (Å²) in [5, 5.41) is 7.00. The van der Waals surface area contributed by atoms with Crippen LogP contribution in [-0.2, 0) is 6.54 Å². The standard InChI is InChI=1S/C6H11N3S/c1-2-3-7-4-6-5-8-9-10-6/h5,7H,2-4H2,1H3. The van der Waals surface area contributed by atoms with Crippen LogP contribution in [0.25, 0.3) is 0 Å². The summed E-state index contributed by atoms with van der Waals surface area (Å²) in [6.45, 7) is 4.13. The van der Waals surface area contributed by atoms with Gasteiger partial charge in [-0.05, 0) is 24.5 Å². The van der Waals surface area contributed by atoms with Gasteiger partial charge in [-0.2, -0.15) is 0 Å². The Hall–Kier alpha value is -0.480. The lowest BCUT2D eigenvalue weighted by Crippen LogP contribution is -2.12. The molecule has 0 aromatic carbocycles. The maximum Gasteiger partial charge on any atom is 0.0666 e. The molecule has 0 amide bonds. The molecule has 10 heavy (non-hydrogen) atoms. The van der Waals surface area contributed by atoms with E-state index < -0.39 is 0 Å². The van der Waals surface area contributed by atoms with Gasteiger partial charge in [0.25, 0.3) is 0 Å². The Morgan fingerprint density at radius 2 is 2.60 bits per heavy atom. The first kappa shape index (κ1) is 7.63. The molecule has 1 aromatic rings. The smallest absolute Gasteiger partial charge is 0.0666 e. The van der Waals surface area contributed by atoms with Crippen LogP contribution in [-0.4, -0.2) is 16.1 Å². The number of aromatic nitrogens is 2. The summed E-state index contributed by atoms with van der Waals surface area (Å²) in [4.78, 5) is 1.20. The summed E-state index contributed by atoms with van der Waals surface area (Å²) in [6.07, 6.45) is 2.97. The molecule has 0 unspecified atom stereocenters. The Balaban J connectivity index is 2.15. The minimum Gasteiger partial charge on any atom is -0.312 e. The largest absolute Gasteiger partial charge is 0.312 e. The predicted molar refractivity (Wildman–Crippen MR) is 41.9 cm³/mol. The molecule has 1 N–H and O–H groups in total. The highest BCUT2D eigenvalue weighted by Gasteiger charge is 1.92. The Bertz CT molecular complexity index is 162. The van der Waals surface area contributed by atoms with Crippen LogP contribution < -0.4 is 5.32 Å². The molecule has 0 bridgehead atoms. The number of hydrogen-bond acceptors (Lipinski definition) is 4. The fraction of sp³-hybridized carbons (Fsp3) is 0.667. The van der Waals surface area contributed by atoms with Crippen LogP contribution >= 0.6 is 11.5 Å². The number of nitrogens with zero attached hydrogens (tertiary/aromatic N) is 2. The van der Waals surface area contributed by atoms with E-state index in [1.807, 2.05) is 0 Å². The second-order valence-corrected chi connectivity index (χ2v) is 2.93. The topological polar surface area (TPSA) is 37.8 Å². The molecule has 1 heterocycles. The summed E-state index contributed by atoms with van der Waals surface area (Å²) in [5.41, 5.74) is 0. The molecule has 1 aromatic heterocycles. The molecule has 0 aliphatic carbocycles. The first-order valence-corrected chi connectivity index (χ1v) is 4.17. The average molecular weight is 157 g/mol. The van der Waals surface area contributed by atoms with Crippen molar-refractivity contribution in [3.8, 4) is 0 Å². The molecule has 56 valence electrons. The highest BCUT2D eigenvalue weighted by molar-refractivity contribution is 7.05. The molecule has 0 aliphatic heterocycles. The molecule has 4 heteroatoms. The maximum absolute atomic E-state index is 3.75. The summed E-state index contributed by atoms with van der Waals surface area (Å²) >= 11 is 1.45. The van der Waals surface area contributed by atoms with Gasteiger partial charge in [-0.15, -0.1) is 5.10 Å². The SMILES string of the molecule is CCCNCc1cnns1. The van der Waals surface area contributed by atoms with Crippen LogP contribution in [0.3, 0.4) is 0 Å². The molecule has 0 radical (unpaired) electrons. The minimum absolute atomic E-state index is 0.908. The van der Waals surface area contributed by atoms with Crippen LogP contribution in [0.1, 0.15) is 18.2 Å². The maximum atomic E-state index is 3.75. The molecule has 0 spiro atoms. The second kappa shape index (κ2) is 4.35. The molecular formula is C6H11N3S. The van der Waals surface area contributed by atoms with E-state index in [1.54, 1.807) is 6.20 Å². The zero-order chi connectivity index (χ0) is 7.23. The lowest BCUT2D eigenvalue weighted by Gasteiger charge is -1.96. The molecule has 0 fully saturated rings. The van der Waals surface area contributed by atoms with E-state index in [0.29, 0.717) is 0 Å². The average Bonchev–Trinajstić information content (AvgIpc) is 2.41. The third-order valence-electron chi connectivity index (χ3n) is 1.13. The highest BCUT2D eigenvalue weighted by atomic mass is 32.1. The van der Waals surface area contributed by atoms with Crippen molar-refractivity contribution in [2.45, 2.75) is 19.9 Å². The van der Waals surface area contributed by atoms with E-state index in [0.717, 1.165) is 13.1 Å². The Labute approximate surface area is 64.6 Å². The van der Waals surface area contributed by atoms with E-state index in [1.165, 1.54) is 22.8 Å². The van der Waals surface area contributed by atoms with Crippen molar-refractivity contribution in [2.75, 3.05) is 6.54 Å². The van der Waals surface area contributed by atoms with E-state index in [4.69, 9.17) is 0 Å². The van der Waals surface area contributed by atoms with E-state index >= 15 is 0 Å². The van der Waals surface area contributed by atoms with Gasteiger partial charge in [0.2, 0.25) is 0 Å². The summed E-state index contributed by atoms with van der Waals surface area (Å²) < 4.78 is 3.75. The summed E-state index contributed by atoms with van der Waals surface area (Å²) in [6, 6.07) is 0. The fourth-order valence-electron chi connectivity index (χ4n) is 0.654. The molecule has 0 saturated carbocycles. The van der Waals surface area contributed by atoms with Crippen molar-refractivity contribution in [1.29, 1.82) is 0 Å². The van der Waals surface area contributed by atoms with E-state index in [9.17, 15) is 0 Å². The lowest BCUT2D eigenvalue weighted by atomic mass is 10.4. The summed E-state index contributed by atoms with van der Waals surface area (Å²) in [7, 11) is 0.